The van der Waals surface area contributed by atoms with Gasteiger partial charge in [0, 0.05) is 12.7 Å². The molecule has 2 aromatic rings. The van der Waals surface area contributed by atoms with Gasteiger partial charge in [-0.25, -0.2) is 4.39 Å². The van der Waals surface area contributed by atoms with E-state index >= 15 is 0 Å². The Morgan fingerprint density at radius 1 is 1.53 bits per heavy atom. The average molecular weight is 234 g/mol. The van der Waals surface area contributed by atoms with Crippen molar-refractivity contribution >= 4 is 17.3 Å². The second-order valence-corrected chi connectivity index (χ2v) is 3.54. The fourth-order valence-electron chi connectivity index (χ4n) is 1.49. The largest absolute Gasteiger partial charge is 0.396 e. The van der Waals surface area contributed by atoms with Crippen LogP contribution in [-0.2, 0) is 7.05 Å². The van der Waals surface area contributed by atoms with Gasteiger partial charge in [0.15, 0.2) is 0 Å². The summed E-state index contributed by atoms with van der Waals surface area (Å²) in [7, 11) is 1.61. The molecule has 0 aliphatic carbocycles. The van der Waals surface area contributed by atoms with Crippen molar-refractivity contribution in [3.05, 3.63) is 42.0 Å². The van der Waals surface area contributed by atoms with Gasteiger partial charge in [0.25, 0.3) is 5.91 Å². The molecule has 0 radical (unpaired) electrons. The molecule has 3 N–H and O–H groups in total. The number of carbonyl (C=O) groups excluding carboxylic acids is 1. The van der Waals surface area contributed by atoms with Gasteiger partial charge in [-0.1, -0.05) is 6.07 Å². The van der Waals surface area contributed by atoms with E-state index in [1.807, 2.05) is 0 Å². The third-order valence-corrected chi connectivity index (χ3v) is 2.26. The van der Waals surface area contributed by atoms with Crippen LogP contribution in [0.25, 0.3) is 0 Å². The topological polar surface area (TPSA) is 72.9 Å². The number of aryl methyl sites for hydroxylation is 1. The highest BCUT2D eigenvalue weighted by molar-refractivity contribution is 6.06. The molecule has 0 unspecified atom stereocenters. The summed E-state index contributed by atoms with van der Waals surface area (Å²) >= 11 is 0. The number of aromatic nitrogens is 2. The minimum Gasteiger partial charge on any atom is -0.396 e. The van der Waals surface area contributed by atoms with Crippen molar-refractivity contribution in [1.82, 2.24) is 9.78 Å². The first-order valence-corrected chi connectivity index (χ1v) is 4.92. The van der Waals surface area contributed by atoms with Crippen LogP contribution in [0.2, 0.25) is 0 Å². The quantitative estimate of drug-likeness (QED) is 0.824. The summed E-state index contributed by atoms with van der Waals surface area (Å²) in [6.45, 7) is 0. The Hall–Kier alpha value is -2.37. The van der Waals surface area contributed by atoms with Crippen molar-refractivity contribution in [3.63, 3.8) is 0 Å². The monoisotopic (exact) mass is 234 g/mol. The van der Waals surface area contributed by atoms with Gasteiger partial charge >= 0.3 is 0 Å². The van der Waals surface area contributed by atoms with Crippen molar-refractivity contribution in [3.8, 4) is 0 Å². The van der Waals surface area contributed by atoms with Gasteiger partial charge in [0.05, 0.1) is 11.9 Å². The summed E-state index contributed by atoms with van der Waals surface area (Å²) in [6, 6.07) is 5.63. The van der Waals surface area contributed by atoms with E-state index < -0.39 is 11.7 Å². The van der Waals surface area contributed by atoms with Gasteiger partial charge in [0.2, 0.25) is 0 Å². The number of carbonyl (C=O) groups is 1. The van der Waals surface area contributed by atoms with Crippen LogP contribution in [0.4, 0.5) is 15.8 Å². The van der Waals surface area contributed by atoms with Crippen LogP contribution in [0, 0.1) is 5.82 Å². The number of nitrogen functional groups attached to an aromatic ring is 1. The molecule has 0 aliphatic heterocycles. The third-order valence-electron chi connectivity index (χ3n) is 2.26. The fourth-order valence-corrected chi connectivity index (χ4v) is 1.49. The van der Waals surface area contributed by atoms with Crippen LogP contribution in [-0.4, -0.2) is 15.7 Å². The molecule has 0 fully saturated rings. The molecular weight excluding hydrogens is 223 g/mol. The maximum absolute atomic E-state index is 12.9. The smallest absolute Gasteiger partial charge is 0.276 e. The molecule has 0 spiro atoms. The number of nitrogens with one attached hydrogen (secondary N) is 1. The van der Waals surface area contributed by atoms with Gasteiger partial charge in [-0.2, -0.15) is 5.10 Å². The van der Waals surface area contributed by atoms with Crippen LogP contribution in [0.1, 0.15) is 10.5 Å². The van der Waals surface area contributed by atoms with Crippen LogP contribution in [0.5, 0.6) is 0 Å². The molecule has 0 saturated carbocycles. The summed E-state index contributed by atoms with van der Waals surface area (Å²) < 4.78 is 14.3. The molecule has 1 aromatic carbocycles. The molecular formula is C11H11FN4O. The van der Waals surface area contributed by atoms with Gasteiger partial charge in [-0.15, -0.1) is 0 Å². The highest BCUT2D eigenvalue weighted by Crippen LogP contribution is 2.14. The van der Waals surface area contributed by atoms with Crippen LogP contribution >= 0.6 is 0 Å². The Kier molecular flexibility index (Phi) is 2.78. The number of halogens is 1. The zero-order valence-corrected chi connectivity index (χ0v) is 9.14. The van der Waals surface area contributed by atoms with Crippen molar-refractivity contribution in [2.75, 3.05) is 11.1 Å². The van der Waals surface area contributed by atoms with E-state index in [1.54, 1.807) is 13.1 Å². The lowest BCUT2D eigenvalue weighted by atomic mass is 10.3. The second-order valence-electron chi connectivity index (χ2n) is 3.54. The standard InChI is InChI=1S/C11H11FN4O/c1-16-10(9(13)6-14-16)11(17)15-8-4-2-3-7(12)5-8/h2-6H,13H2,1H3,(H,15,17). The summed E-state index contributed by atoms with van der Waals surface area (Å²) in [5.74, 6) is -0.839. The average Bonchev–Trinajstić information content (AvgIpc) is 2.58. The maximum Gasteiger partial charge on any atom is 0.276 e. The SMILES string of the molecule is Cn1ncc(N)c1C(=O)Nc1cccc(F)c1. The highest BCUT2D eigenvalue weighted by Gasteiger charge is 2.14. The van der Waals surface area contributed by atoms with E-state index in [2.05, 4.69) is 10.4 Å². The number of nitrogens with two attached hydrogens (primary N) is 1. The Morgan fingerprint density at radius 2 is 2.29 bits per heavy atom. The molecule has 1 aromatic heterocycles. The molecule has 0 aliphatic rings. The summed E-state index contributed by atoms with van der Waals surface area (Å²) in [5.41, 5.74) is 6.50. The lowest BCUT2D eigenvalue weighted by molar-refractivity contribution is 0.101. The molecule has 0 atom stereocenters. The highest BCUT2D eigenvalue weighted by atomic mass is 19.1. The number of hydrogen-bond donors (Lipinski definition) is 2. The first kappa shape index (κ1) is 11.1. The zero-order chi connectivity index (χ0) is 12.4. The Bertz CT molecular complexity index is 545. The van der Waals surface area contributed by atoms with Crippen molar-refractivity contribution in [1.29, 1.82) is 0 Å². The number of amides is 1. The molecule has 2 rings (SSSR count). The van der Waals surface area contributed by atoms with Gasteiger partial charge < -0.3 is 11.1 Å². The third kappa shape index (κ3) is 2.25. The Morgan fingerprint density at radius 3 is 2.88 bits per heavy atom. The van der Waals surface area contributed by atoms with Crippen molar-refractivity contribution < 1.29 is 9.18 Å². The molecule has 1 heterocycles. The lowest BCUT2D eigenvalue weighted by Crippen LogP contribution is -2.17. The lowest BCUT2D eigenvalue weighted by Gasteiger charge is -2.06. The van der Waals surface area contributed by atoms with Gasteiger partial charge in [-0.3, -0.25) is 9.48 Å². The maximum atomic E-state index is 12.9. The molecule has 0 saturated heterocycles. The molecule has 88 valence electrons. The van der Waals surface area contributed by atoms with Gasteiger partial charge in [-0.05, 0) is 18.2 Å². The normalized spacial score (nSPS) is 10.2. The fraction of sp³-hybridized carbons (Fsp3) is 0.0909. The Balaban J connectivity index is 2.23. The molecule has 0 bridgehead atoms. The number of anilines is 2. The molecule has 1 amide bonds. The van der Waals surface area contributed by atoms with E-state index in [4.69, 9.17) is 5.73 Å². The van der Waals surface area contributed by atoms with E-state index in [-0.39, 0.29) is 11.4 Å². The summed E-state index contributed by atoms with van der Waals surface area (Å²) in [6.07, 6.45) is 1.39. The van der Waals surface area contributed by atoms with Crippen LogP contribution in [0.15, 0.2) is 30.5 Å². The zero-order valence-electron chi connectivity index (χ0n) is 9.14. The minimum absolute atomic E-state index is 0.245. The molecule has 6 heteroatoms. The van der Waals surface area contributed by atoms with Crippen LogP contribution in [0.3, 0.4) is 0 Å². The Labute approximate surface area is 97.0 Å². The molecule has 17 heavy (non-hydrogen) atoms. The summed E-state index contributed by atoms with van der Waals surface area (Å²) in [4.78, 5) is 11.9. The number of benzene rings is 1. The van der Waals surface area contributed by atoms with E-state index in [1.165, 1.54) is 29.1 Å². The predicted octanol–water partition coefficient (Wildman–Crippen LogP) is 1.39. The van der Waals surface area contributed by atoms with Gasteiger partial charge in [0.1, 0.15) is 11.5 Å². The van der Waals surface area contributed by atoms with E-state index in [9.17, 15) is 9.18 Å². The van der Waals surface area contributed by atoms with E-state index in [0.29, 0.717) is 5.69 Å². The van der Waals surface area contributed by atoms with E-state index in [0.717, 1.165) is 0 Å². The summed E-state index contributed by atoms with van der Waals surface area (Å²) in [5, 5.41) is 6.40. The van der Waals surface area contributed by atoms with Crippen LogP contribution < -0.4 is 11.1 Å². The predicted molar refractivity (Wildman–Crippen MR) is 62.0 cm³/mol. The number of hydrogen-bond acceptors (Lipinski definition) is 3. The first-order chi connectivity index (χ1) is 8.08. The first-order valence-electron chi connectivity index (χ1n) is 4.92. The minimum atomic E-state index is -0.423. The molecule has 5 nitrogen and oxygen atoms in total. The van der Waals surface area contributed by atoms with Crippen molar-refractivity contribution in [2.45, 2.75) is 0 Å². The second kappa shape index (κ2) is 4.25. The number of nitrogens with zero attached hydrogens (tertiary/aromatic N) is 2. The van der Waals surface area contributed by atoms with Crippen molar-refractivity contribution in [2.24, 2.45) is 7.05 Å². The number of rotatable bonds is 2.